The minimum atomic E-state index is 0.562. The summed E-state index contributed by atoms with van der Waals surface area (Å²) >= 11 is 0. The van der Waals surface area contributed by atoms with Gasteiger partial charge in [-0.1, -0.05) is 6.07 Å². The quantitative estimate of drug-likeness (QED) is 0.764. The van der Waals surface area contributed by atoms with Crippen LogP contribution in [0.2, 0.25) is 0 Å². The van der Waals surface area contributed by atoms with Crippen molar-refractivity contribution in [1.29, 1.82) is 0 Å². The van der Waals surface area contributed by atoms with E-state index in [0.717, 1.165) is 25.9 Å². The fourth-order valence-corrected chi connectivity index (χ4v) is 1.53. The Hall–Kier alpha value is -0.930. The monoisotopic (exact) mass is 207 g/mol. The second kappa shape index (κ2) is 6.53. The summed E-state index contributed by atoms with van der Waals surface area (Å²) in [5.74, 6) is 0. The molecule has 0 radical (unpaired) electrons. The van der Waals surface area contributed by atoms with Crippen LogP contribution in [0.15, 0.2) is 24.5 Å². The van der Waals surface area contributed by atoms with E-state index < -0.39 is 0 Å². The molecule has 0 amide bonds. The number of nitrogens with zero attached hydrogens (tertiary/aromatic N) is 2. The van der Waals surface area contributed by atoms with Gasteiger partial charge in [-0.3, -0.25) is 4.98 Å². The topological polar surface area (TPSA) is 42.1 Å². The molecule has 3 nitrogen and oxygen atoms in total. The summed E-state index contributed by atoms with van der Waals surface area (Å²) in [6.07, 6.45) is 5.86. The van der Waals surface area contributed by atoms with Crippen LogP contribution in [-0.4, -0.2) is 36.1 Å². The van der Waals surface area contributed by atoms with Crippen molar-refractivity contribution in [1.82, 2.24) is 9.88 Å². The van der Waals surface area contributed by atoms with Crippen molar-refractivity contribution >= 4 is 0 Å². The molecule has 1 aromatic rings. The highest BCUT2D eigenvalue weighted by atomic mass is 15.1. The Morgan fingerprint density at radius 1 is 1.53 bits per heavy atom. The number of nitrogens with two attached hydrogens (primary N) is 1. The lowest BCUT2D eigenvalue weighted by Gasteiger charge is -2.24. The van der Waals surface area contributed by atoms with Crippen molar-refractivity contribution in [3.8, 4) is 0 Å². The smallest absolute Gasteiger partial charge is 0.0300 e. The highest BCUT2D eigenvalue weighted by Gasteiger charge is 2.07. The largest absolute Gasteiger partial charge is 0.330 e. The Kier molecular flexibility index (Phi) is 5.29. The second-order valence-electron chi connectivity index (χ2n) is 4.02. The van der Waals surface area contributed by atoms with E-state index in [9.17, 15) is 0 Å². The second-order valence-corrected chi connectivity index (χ2v) is 4.02. The number of hydrogen-bond donors (Lipinski definition) is 1. The molecule has 0 aromatic carbocycles. The molecular weight excluding hydrogens is 186 g/mol. The Morgan fingerprint density at radius 2 is 2.33 bits per heavy atom. The van der Waals surface area contributed by atoms with Crippen LogP contribution in [0, 0.1) is 0 Å². The summed E-state index contributed by atoms with van der Waals surface area (Å²) < 4.78 is 0. The van der Waals surface area contributed by atoms with E-state index in [1.807, 2.05) is 18.5 Å². The van der Waals surface area contributed by atoms with Gasteiger partial charge in [0.25, 0.3) is 0 Å². The highest BCUT2D eigenvalue weighted by Crippen LogP contribution is 2.03. The predicted octanol–water partition coefficient (Wildman–Crippen LogP) is 1.29. The van der Waals surface area contributed by atoms with Gasteiger partial charge in [-0.15, -0.1) is 0 Å². The van der Waals surface area contributed by atoms with Crippen molar-refractivity contribution in [3.63, 3.8) is 0 Å². The zero-order valence-corrected chi connectivity index (χ0v) is 9.69. The third-order valence-electron chi connectivity index (χ3n) is 2.81. The zero-order chi connectivity index (χ0) is 11.1. The third kappa shape index (κ3) is 4.40. The predicted molar refractivity (Wildman–Crippen MR) is 63.7 cm³/mol. The van der Waals surface area contributed by atoms with Gasteiger partial charge in [-0.25, -0.2) is 0 Å². The lowest BCUT2D eigenvalue weighted by molar-refractivity contribution is 0.251. The van der Waals surface area contributed by atoms with Crippen molar-refractivity contribution in [2.45, 2.75) is 25.8 Å². The molecule has 0 spiro atoms. The van der Waals surface area contributed by atoms with Crippen LogP contribution in [0.3, 0.4) is 0 Å². The average Bonchev–Trinajstić information content (AvgIpc) is 2.27. The summed E-state index contributed by atoms with van der Waals surface area (Å²) in [7, 11) is 2.15. The van der Waals surface area contributed by atoms with Crippen molar-refractivity contribution < 1.29 is 0 Å². The molecular formula is C12H21N3. The summed E-state index contributed by atoms with van der Waals surface area (Å²) in [5, 5.41) is 0. The van der Waals surface area contributed by atoms with Crippen LogP contribution in [0.4, 0.5) is 0 Å². The maximum atomic E-state index is 5.54. The van der Waals surface area contributed by atoms with E-state index in [1.54, 1.807) is 0 Å². The molecule has 84 valence electrons. The number of pyridine rings is 1. The first-order valence-corrected chi connectivity index (χ1v) is 5.53. The van der Waals surface area contributed by atoms with Gasteiger partial charge < -0.3 is 10.6 Å². The van der Waals surface area contributed by atoms with Crippen LogP contribution in [0.1, 0.15) is 18.9 Å². The van der Waals surface area contributed by atoms with Crippen molar-refractivity contribution in [2.24, 2.45) is 5.73 Å². The summed E-state index contributed by atoms with van der Waals surface area (Å²) in [6.45, 7) is 4.04. The maximum absolute atomic E-state index is 5.54. The van der Waals surface area contributed by atoms with E-state index in [2.05, 4.69) is 29.9 Å². The summed E-state index contributed by atoms with van der Waals surface area (Å²) in [5.41, 5.74) is 6.83. The van der Waals surface area contributed by atoms with E-state index in [1.165, 1.54) is 5.56 Å². The molecule has 2 N–H and O–H groups in total. The Bertz CT molecular complexity index is 261. The molecule has 0 bridgehead atoms. The van der Waals surface area contributed by atoms with Gasteiger partial charge in [0, 0.05) is 25.0 Å². The Balaban J connectivity index is 2.31. The van der Waals surface area contributed by atoms with Gasteiger partial charge in [0.2, 0.25) is 0 Å². The number of likely N-dealkylation sites (N-methyl/N-ethyl adjacent to an activating group) is 1. The first-order chi connectivity index (χ1) is 7.24. The van der Waals surface area contributed by atoms with Gasteiger partial charge in [-0.2, -0.15) is 0 Å². The molecule has 1 heterocycles. The van der Waals surface area contributed by atoms with Gasteiger partial charge in [0.15, 0.2) is 0 Å². The number of rotatable bonds is 6. The van der Waals surface area contributed by atoms with Crippen molar-refractivity contribution in [2.75, 3.05) is 20.1 Å². The normalized spacial score (nSPS) is 13.1. The van der Waals surface area contributed by atoms with E-state index in [0.29, 0.717) is 6.04 Å². The Morgan fingerprint density at radius 3 is 2.93 bits per heavy atom. The molecule has 1 aromatic heterocycles. The van der Waals surface area contributed by atoms with Crippen LogP contribution < -0.4 is 5.73 Å². The molecule has 0 saturated heterocycles. The van der Waals surface area contributed by atoms with Gasteiger partial charge in [0.1, 0.15) is 0 Å². The molecule has 0 aliphatic carbocycles. The number of aromatic nitrogens is 1. The molecule has 1 rings (SSSR count). The van der Waals surface area contributed by atoms with E-state index in [-0.39, 0.29) is 0 Å². The minimum absolute atomic E-state index is 0.562. The van der Waals surface area contributed by atoms with Crippen LogP contribution >= 0.6 is 0 Å². The molecule has 0 aliphatic heterocycles. The molecule has 1 atom stereocenters. The van der Waals surface area contributed by atoms with Crippen LogP contribution in [-0.2, 0) is 6.42 Å². The van der Waals surface area contributed by atoms with Crippen LogP contribution in [0.5, 0.6) is 0 Å². The third-order valence-corrected chi connectivity index (χ3v) is 2.81. The highest BCUT2D eigenvalue weighted by molar-refractivity contribution is 5.08. The molecule has 0 aliphatic rings. The lowest BCUT2D eigenvalue weighted by Crippen LogP contribution is -2.32. The van der Waals surface area contributed by atoms with Gasteiger partial charge in [0.05, 0.1) is 0 Å². The fraction of sp³-hybridized carbons (Fsp3) is 0.583. The SMILES string of the molecule is CC(CCN)N(C)CCc1cccnc1. The Labute approximate surface area is 92.3 Å². The van der Waals surface area contributed by atoms with E-state index >= 15 is 0 Å². The minimum Gasteiger partial charge on any atom is -0.330 e. The molecule has 1 unspecified atom stereocenters. The standard InChI is InChI=1S/C12H21N3/c1-11(5-7-13)15(2)9-6-12-4-3-8-14-10-12/h3-4,8,10-11H,5-7,9,13H2,1-2H3. The molecule has 15 heavy (non-hydrogen) atoms. The van der Waals surface area contributed by atoms with Crippen molar-refractivity contribution in [3.05, 3.63) is 30.1 Å². The maximum Gasteiger partial charge on any atom is 0.0300 e. The number of hydrogen-bond acceptors (Lipinski definition) is 3. The fourth-order valence-electron chi connectivity index (χ4n) is 1.53. The first-order valence-electron chi connectivity index (χ1n) is 5.53. The summed E-state index contributed by atoms with van der Waals surface area (Å²) in [4.78, 5) is 6.45. The molecule has 0 saturated carbocycles. The summed E-state index contributed by atoms with van der Waals surface area (Å²) in [6, 6.07) is 4.67. The molecule has 0 fully saturated rings. The van der Waals surface area contributed by atoms with Crippen LogP contribution in [0.25, 0.3) is 0 Å². The van der Waals surface area contributed by atoms with E-state index in [4.69, 9.17) is 5.73 Å². The zero-order valence-electron chi connectivity index (χ0n) is 9.69. The lowest BCUT2D eigenvalue weighted by atomic mass is 10.1. The van der Waals surface area contributed by atoms with Gasteiger partial charge >= 0.3 is 0 Å². The molecule has 3 heteroatoms. The average molecular weight is 207 g/mol. The first kappa shape index (κ1) is 12.1. The van der Waals surface area contributed by atoms with Gasteiger partial charge in [-0.05, 0) is 45.0 Å².